The zero-order valence-corrected chi connectivity index (χ0v) is 10.8. The van der Waals surface area contributed by atoms with Gasteiger partial charge in [0.1, 0.15) is 5.56 Å². The Balaban J connectivity index is 2.19. The van der Waals surface area contributed by atoms with Crippen molar-refractivity contribution in [3.63, 3.8) is 0 Å². The summed E-state index contributed by atoms with van der Waals surface area (Å²) in [6.45, 7) is 2.18. The Morgan fingerprint density at radius 1 is 1.42 bits per heavy atom. The predicted molar refractivity (Wildman–Crippen MR) is 65.9 cm³/mol. The Morgan fingerprint density at radius 2 is 2.16 bits per heavy atom. The SMILES string of the molecule is CN1CCC[C@H](Cn2cccc(C(F)(F)F)c2=O)C1. The minimum atomic E-state index is -4.58. The van der Waals surface area contributed by atoms with Crippen LogP contribution in [0.25, 0.3) is 0 Å². The van der Waals surface area contributed by atoms with Crippen LogP contribution in [-0.4, -0.2) is 29.6 Å². The van der Waals surface area contributed by atoms with Gasteiger partial charge in [-0.15, -0.1) is 0 Å². The lowest BCUT2D eigenvalue weighted by molar-refractivity contribution is -0.139. The summed E-state index contributed by atoms with van der Waals surface area (Å²) in [7, 11) is 1.99. The molecule has 6 heteroatoms. The number of likely N-dealkylation sites (tertiary alicyclic amines) is 1. The van der Waals surface area contributed by atoms with Gasteiger partial charge in [0.25, 0.3) is 5.56 Å². The monoisotopic (exact) mass is 274 g/mol. The number of pyridine rings is 1. The molecule has 1 atom stereocenters. The molecule has 1 fully saturated rings. The summed E-state index contributed by atoms with van der Waals surface area (Å²) in [4.78, 5) is 13.9. The molecule has 0 amide bonds. The minimum Gasteiger partial charge on any atom is -0.315 e. The maximum absolute atomic E-state index is 12.6. The van der Waals surface area contributed by atoms with E-state index >= 15 is 0 Å². The van der Waals surface area contributed by atoms with Gasteiger partial charge in [0.15, 0.2) is 0 Å². The van der Waals surface area contributed by atoms with Gasteiger partial charge >= 0.3 is 6.18 Å². The van der Waals surface area contributed by atoms with Crippen molar-refractivity contribution in [2.75, 3.05) is 20.1 Å². The van der Waals surface area contributed by atoms with Crippen molar-refractivity contribution in [1.82, 2.24) is 9.47 Å². The Kier molecular flexibility index (Phi) is 3.99. The van der Waals surface area contributed by atoms with Crippen LogP contribution in [0.2, 0.25) is 0 Å². The standard InChI is InChI=1S/C13H17F3N2O/c1-17-6-2-4-10(8-17)9-18-7-3-5-11(12(18)19)13(14,15)16/h3,5,7,10H,2,4,6,8-9H2,1H3/t10-/m0/s1. The van der Waals surface area contributed by atoms with E-state index in [1.807, 2.05) is 7.05 Å². The average molecular weight is 274 g/mol. The molecule has 106 valence electrons. The molecule has 0 aromatic carbocycles. The topological polar surface area (TPSA) is 25.2 Å². The molecule has 0 aliphatic carbocycles. The molecule has 1 aromatic rings. The van der Waals surface area contributed by atoms with E-state index in [0.29, 0.717) is 6.54 Å². The summed E-state index contributed by atoms with van der Waals surface area (Å²) < 4.78 is 39.1. The van der Waals surface area contributed by atoms with Crippen molar-refractivity contribution >= 4 is 0 Å². The van der Waals surface area contributed by atoms with E-state index in [1.165, 1.54) is 16.8 Å². The molecule has 3 nitrogen and oxygen atoms in total. The fourth-order valence-corrected chi connectivity index (χ4v) is 2.60. The lowest BCUT2D eigenvalue weighted by atomic mass is 9.98. The van der Waals surface area contributed by atoms with Crippen molar-refractivity contribution in [3.05, 3.63) is 34.2 Å². The lowest BCUT2D eigenvalue weighted by Gasteiger charge is -2.30. The number of rotatable bonds is 2. The summed E-state index contributed by atoms with van der Waals surface area (Å²) in [5.41, 5.74) is -2.03. The van der Waals surface area contributed by atoms with Gasteiger partial charge in [0.2, 0.25) is 0 Å². The Labute approximate surface area is 109 Å². The summed E-state index contributed by atoms with van der Waals surface area (Å²) in [5, 5.41) is 0. The molecule has 1 saturated heterocycles. The highest BCUT2D eigenvalue weighted by molar-refractivity contribution is 5.14. The van der Waals surface area contributed by atoms with E-state index in [-0.39, 0.29) is 5.92 Å². The molecular formula is C13H17F3N2O. The van der Waals surface area contributed by atoms with Gasteiger partial charge < -0.3 is 9.47 Å². The van der Waals surface area contributed by atoms with Crippen LogP contribution in [0.1, 0.15) is 18.4 Å². The Bertz CT molecular complexity index is 495. The third-order valence-electron chi connectivity index (χ3n) is 3.50. The second-order valence-electron chi connectivity index (χ2n) is 5.15. The predicted octanol–water partition coefficient (Wildman–Crippen LogP) is 2.21. The van der Waals surface area contributed by atoms with E-state index in [0.717, 1.165) is 32.0 Å². The Hall–Kier alpha value is -1.30. The van der Waals surface area contributed by atoms with Crippen LogP contribution >= 0.6 is 0 Å². The second-order valence-corrected chi connectivity index (χ2v) is 5.15. The van der Waals surface area contributed by atoms with E-state index in [9.17, 15) is 18.0 Å². The molecule has 1 aliphatic heterocycles. The van der Waals surface area contributed by atoms with Gasteiger partial charge in [-0.1, -0.05) is 0 Å². The molecule has 0 bridgehead atoms. The van der Waals surface area contributed by atoms with Gasteiger partial charge in [0, 0.05) is 19.3 Å². The van der Waals surface area contributed by atoms with Gasteiger partial charge in [-0.25, -0.2) is 0 Å². The number of hydrogen-bond acceptors (Lipinski definition) is 2. The van der Waals surface area contributed by atoms with Crippen molar-refractivity contribution in [2.45, 2.75) is 25.6 Å². The van der Waals surface area contributed by atoms with Crippen molar-refractivity contribution in [3.8, 4) is 0 Å². The third kappa shape index (κ3) is 3.37. The molecule has 0 saturated carbocycles. The van der Waals surface area contributed by atoms with Crippen LogP contribution < -0.4 is 5.56 Å². The molecule has 0 radical (unpaired) electrons. The number of halogens is 3. The van der Waals surface area contributed by atoms with Crippen LogP contribution in [0, 0.1) is 5.92 Å². The number of nitrogens with zero attached hydrogens (tertiary/aromatic N) is 2. The van der Waals surface area contributed by atoms with Gasteiger partial charge in [-0.2, -0.15) is 13.2 Å². The largest absolute Gasteiger partial charge is 0.421 e. The number of hydrogen-bond donors (Lipinski definition) is 0. The highest BCUT2D eigenvalue weighted by Gasteiger charge is 2.34. The highest BCUT2D eigenvalue weighted by Crippen LogP contribution is 2.26. The molecule has 0 unspecified atom stereocenters. The highest BCUT2D eigenvalue weighted by atomic mass is 19.4. The van der Waals surface area contributed by atoms with Crippen molar-refractivity contribution < 1.29 is 13.2 Å². The fourth-order valence-electron chi connectivity index (χ4n) is 2.60. The van der Waals surface area contributed by atoms with Crippen LogP contribution in [-0.2, 0) is 12.7 Å². The number of aromatic nitrogens is 1. The van der Waals surface area contributed by atoms with Crippen molar-refractivity contribution in [1.29, 1.82) is 0 Å². The molecule has 0 spiro atoms. The van der Waals surface area contributed by atoms with Crippen LogP contribution in [0.3, 0.4) is 0 Å². The molecule has 1 aliphatic rings. The molecule has 0 N–H and O–H groups in total. The van der Waals surface area contributed by atoms with E-state index < -0.39 is 17.3 Å². The van der Waals surface area contributed by atoms with Gasteiger partial charge in [0.05, 0.1) is 0 Å². The van der Waals surface area contributed by atoms with Gasteiger partial charge in [-0.05, 0) is 44.5 Å². The fraction of sp³-hybridized carbons (Fsp3) is 0.615. The zero-order valence-electron chi connectivity index (χ0n) is 10.8. The zero-order chi connectivity index (χ0) is 14.0. The molecular weight excluding hydrogens is 257 g/mol. The first kappa shape index (κ1) is 14.1. The maximum atomic E-state index is 12.6. The normalized spacial score (nSPS) is 21.6. The van der Waals surface area contributed by atoms with E-state index in [1.54, 1.807) is 0 Å². The minimum absolute atomic E-state index is 0.236. The van der Waals surface area contributed by atoms with Crippen molar-refractivity contribution in [2.24, 2.45) is 5.92 Å². The number of alkyl halides is 3. The summed E-state index contributed by atoms with van der Waals surface area (Å²) >= 11 is 0. The first-order chi connectivity index (χ1) is 8.88. The smallest absolute Gasteiger partial charge is 0.315 e. The lowest BCUT2D eigenvalue weighted by Crippen LogP contribution is -2.37. The quantitative estimate of drug-likeness (QED) is 0.826. The first-order valence-corrected chi connectivity index (χ1v) is 6.33. The molecule has 2 rings (SSSR count). The second kappa shape index (κ2) is 5.36. The average Bonchev–Trinajstić information content (AvgIpc) is 2.30. The Morgan fingerprint density at radius 3 is 2.79 bits per heavy atom. The van der Waals surface area contributed by atoms with E-state index in [4.69, 9.17) is 0 Å². The van der Waals surface area contributed by atoms with Gasteiger partial charge in [-0.3, -0.25) is 4.79 Å². The molecule has 2 heterocycles. The maximum Gasteiger partial charge on any atom is 0.421 e. The summed E-state index contributed by atoms with van der Waals surface area (Å²) in [6.07, 6.45) is -1.17. The first-order valence-electron chi connectivity index (χ1n) is 6.33. The summed E-state index contributed by atoms with van der Waals surface area (Å²) in [5.74, 6) is 0.236. The van der Waals surface area contributed by atoms with Crippen LogP contribution in [0.15, 0.2) is 23.1 Å². The number of piperidine rings is 1. The summed E-state index contributed by atoms with van der Waals surface area (Å²) in [6, 6.07) is 2.13. The molecule has 19 heavy (non-hydrogen) atoms. The van der Waals surface area contributed by atoms with E-state index in [2.05, 4.69) is 4.90 Å². The third-order valence-corrected chi connectivity index (χ3v) is 3.50. The van der Waals surface area contributed by atoms with Crippen LogP contribution in [0.4, 0.5) is 13.2 Å². The molecule has 1 aromatic heterocycles. The van der Waals surface area contributed by atoms with Crippen LogP contribution in [0.5, 0.6) is 0 Å².